The Morgan fingerprint density at radius 2 is 1.81 bits per heavy atom. The van der Waals surface area contributed by atoms with Gasteiger partial charge in [-0.25, -0.2) is 9.37 Å². The quantitative estimate of drug-likeness (QED) is 0.225. The molecule has 0 saturated carbocycles. The van der Waals surface area contributed by atoms with Gasteiger partial charge in [-0.05, 0) is 61.0 Å². The molecule has 0 radical (unpaired) electrons. The van der Waals surface area contributed by atoms with Crippen LogP contribution in [0.1, 0.15) is 28.5 Å². The number of ether oxygens (including phenoxy) is 3. The zero-order valence-electron chi connectivity index (χ0n) is 22.9. The van der Waals surface area contributed by atoms with E-state index in [2.05, 4.69) is 10.3 Å². The third-order valence-corrected chi connectivity index (χ3v) is 6.61. The molecule has 1 heterocycles. The number of alkyl halides is 3. The summed E-state index contributed by atoms with van der Waals surface area (Å²) >= 11 is 5.89. The van der Waals surface area contributed by atoms with E-state index in [1.54, 1.807) is 0 Å². The first kappa shape index (κ1) is 33.0. The Morgan fingerprint density at radius 1 is 1.10 bits per heavy atom. The van der Waals surface area contributed by atoms with Crippen molar-refractivity contribution >= 4 is 17.5 Å². The number of nitrogens with zero attached hydrogens (tertiary/aromatic N) is 1. The van der Waals surface area contributed by atoms with Gasteiger partial charge >= 0.3 is 6.18 Å². The lowest BCUT2D eigenvalue weighted by Crippen LogP contribution is -2.52. The number of hydrogen-bond donors (Lipinski definition) is 4. The molecule has 1 amide bonds. The molecule has 5 N–H and O–H groups in total. The molecule has 2 aromatic carbocycles. The van der Waals surface area contributed by atoms with E-state index in [0.717, 1.165) is 12.1 Å². The summed E-state index contributed by atoms with van der Waals surface area (Å²) in [5.74, 6) is -1.42. The highest BCUT2D eigenvalue weighted by Gasteiger charge is 2.56. The summed E-state index contributed by atoms with van der Waals surface area (Å²) in [6, 6.07) is 9.67. The highest BCUT2D eigenvalue weighted by Crippen LogP contribution is 2.40. The number of amides is 1. The van der Waals surface area contributed by atoms with Gasteiger partial charge in [0.25, 0.3) is 5.91 Å². The number of rotatable bonds is 12. The SMILES string of the molecule is COCC(C)(N)c1cc(-c2ccc(F)c(Cl)c2)nc(C(O)(CNC(=O)c2ccc(OCCO)c(OC)c2)C(F)(F)F)c1. The lowest BCUT2D eigenvalue weighted by molar-refractivity contribution is -0.265. The number of halogens is 5. The number of carbonyl (C=O) groups is 1. The predicted octanol–water partition coefficient (Wildman–Crippen LogP) is 3.92. The molecule has 42 heavy (non-hydrogen) atoms. The van der Waals surface area contributed by atoms with Crippen LogP contribution in [0.5, 0.6) is 11.5 Å². The predicted molar refractivity (Wildman–Crippen MR) is 146 cm³/mol. The Balaban J connectivity index is 2.06. The van der Waals surface area contributed by atoms with Crippen molar-refractivity contribution in [3.63, 3.8) is 0 Å². The van der Waals surface area contributed by atoms with Crippen molar-refractivity contribution in [2.24, 2.45) is 5.73 Å². The van der Waals surface area contributed by atoms with Crippen molar-refractivity contribution in [3.8, 4) is 22.8 Å². The average Bonchev–Trinajstić information content (AvgIpc) is 2.95. The van der Waals surface area contributed by atoms with Crippen LogP contribution in [0.3, 0.4) is 0 Å². The minimum Gasteiger partial charge on any atom is -0.493 e. The summed E-state index contributed by atoms with van der Waals surface area (Å²) in [4.78, 5) is 16.9. The van der Waals surface area contributed by atoms with Gasteiger partial charge in [-0.3, -0.25) is 4.79 Å². The van der Waals surface area contributed by atoms with Gasteiger partial charge < -0.3 is 35.5 Å². The van der Waals surface area contributed by atoms with Gasteiger partial charge in [0, 0.05) is 18.2 Å². The van der Waals surface area contributed by atoms with Crippen LogP contribution in [0.2, 0.25) is 5.02 Å². The van der Waals surface area contributed by atoms with Crippen LogP contribution in [0.25, 0.3) is 11.3 Å². The van der Waals surface area contributed by atoms with Crippen LogP contribution in [0.4, 0.5) is 17.6 Å². The Morgan fingerprint density at radius 3 is 2.40 bits per heavy atom. The van der Waals surface area contributed by atoms with E-state index in [1.165, 1.54) is 57.5 Å². The minimum absolute atomic E-state index is 0.0507. The van der Waals surface area contributed by atoms with Gasteiger partial charge in [-0.15, -0.1) is 0 Å². The van der Waals surface area contributed by atoms with Crippen molar-refractivity contribution in [2.75, 3.05) is 40.6 Å². The summed E-state index contributed by atoms with van der Waals surface area (Å²) in [6.07, 6.45) is -5.32. The van der Waals surface area contributed by atoms with Crippen molar-refractivity contribution in [3.05, 3.63) is 76.2 Å². The van der Waals surface area contributed by atoms with Gasteiger partial charge in [-0.2, -0.15) is 13.2 Å². The molecule has 14 heteroatoms. The molecule has 2 atom stereocenters. The van der Waals surface area contributed by atoms with Gasteiger partial charge in [0.1, 0.15) is 12.4 Å². The summed E-state index contributed by atoms with van der Waals surface area (Å²) in [6.45, 7) is -0.258. The molecule has 3 rings (SSSR count). The fraction of sp³-hybridized carbons (Fsp3) is 0.357. The van der Waals surface area contributed by atoms with Gasteiger partial charge in [-0.1, -0.05) is 11.6 Å². The maximum absolute atomic E-state index is 14.5. The number of methoxy groups -OCH3 is 2. The number of aliphatic hydroxyl groups is 2. The summed E-state index contributed by atoms with van der Waals surface area (Å²) in [5, 5.41) is 21.9. The highest BCUT2D eigenvalue weighted by molar-refractivity contribution is 6.31. The second-order valence-electron chi connectivity index (χ2n) is 9.58. The Labute approximate surface area is 244 Å². The topological polar surface area (TPSA) is 136 Å². The molecule has 0 aliphatic rings. The fourth-order valence-corrected chi connectivity index (χ4v) is 4.17. The normalized spacial score (nSPS) is 14.5. The zero-order valence-corrected chi connectivity index (χ0v) is 23.6. The van der Waals surface area contributed by atoms with E-state index in [-0.39, 0.29) is 58.7 Å². The molecule has 0 fully saturated rings. The van der Waals surface area contributed by atoms with Crippen molar-refractivity contribution in [2.45, 2.75) is 24.2 Å². The number of benzene rings is 2. The monoisotopic (exact) mass is 615 g/mol. The third-order valence-electron chi connectivity index (χ3n) is 6.32. The van der Waals surface area contributed by atoms with E-state index in [1.807, 2.05) is 0 Å². The number of nitrogens with one attached hydrogen (secondary N) is 1. The van der Waals surface area contributed by atoms with Crippen LogP contribution in [0.15, 0.2) is 48.5 Å². The molecule has 3 aromatic rings. The first-order valence-electron chi connectivity index (χ1n) is 12.4. The summed E-state index contributed by atoms with van der Waals surface area (Å²) in [5.41, 5.74) is 0.523. The first-order chi connectivity index (χ1) is 19.7. The van der Waals surface area contributed by atoms with Crippen molar-refractivity contribution in [1.82, 2.24) is 10.3 Å². The first-order valence-corrected chi connectivity index (χ1v) is 12.8. The van der Waals surface area contributed by atoms with Crippen molar-refractivity contribution in [1.29, 1.82) is 0 Å². The van der Waals surface area contributed by atoms with E-state index < -0.39 is 41.3 Å². The van der Waals surface area contributed by atoms with Crippen LogP contribution in [-0.4, -0.2) is 67.9 Å². The maximum Gasteiger partial charge on any atom is 0.424 e. The van der Waals surface area contributed by atoms with E-state index in [9.17, 15) is 27.5 Å². The third kappa shape index (κ3) is 7.28. The lowest BCUT2D eigenvalue weighted by atomic mass is 9.88. The molecule has 0 aliphatic carbocycles. The molecule has 2 unspecified atom stereocenters. The Hall–Kier alpha value is -3.49. The van der Waals surface area contributed by atoms with Crippen LogP contribution in [-0.2, 0) is 15.9 Å². The number of carbonyl (C=O) groups excluding carboxylic acids is 1. The number of aliphatic hydroxyl groups excluding tert-OH is 1. The Bertz CT molecular complexity index is 1420. The molecule has 0 bridgehead atoms. The van der Waals surface area contributed by atoms with E-state index in [4.69, 9.17) is 36.7 Å². The number of aromatic nitrogens is 1. The van der Waals surface area contributed by atoms with Crippen LogP contribution < -0.4 is 20.5 Å². The number of pyridine rings is 1. The average molecular weight is 616 g/mol. The maximum atomic E-state index is 14.5. The smallest absolute Gasteiger partial charge is 0.424 e. The lowest BCUT2D eigenvalue weighted by Gasteiger charge is -2.32. The van der Waals surface area contributed by atoms with Gasteiger partial charge in [0.05, 0.1) is 48.8 Å². The molecular formula is C28H30ClF4N3O6. The molecular weight excluding hydrogens is 586 g/mol. The molecule has 1 aromatic heterocycles. The number of nitrogens with two attached hydrogens (primary N) is 1. The molecule has 228 valence electrons. The van der Waals surface area contributed by atoms with Gasteiger partial charge in [0.15, 0.2) is 11.5 Å². The van der Waals surface area contributed by atoms with Gasteiger partial charge in [0.2, 0.25) is 5.60 Å². The van der Waals surface area contributed by atoms with Crippen molar-refractivity contribution < 1.29 is 46.8 Å². The van der Waals surface area contributed by atoms with Crippen LogP contribution in [0, 0.1) is 5.82 Å². The van der Waals surface area contributed by atoms with Crippen LogP contribution >= 0.6 is 11.6 Å². The van der Waals surface area contributed by atoms with E-state index in [0.29, 0.717) is 0 Å². The highest BCUT2D eigenvalue weighted by atomic mass is 35.5. The van der Waals surface area contributed by atoms with E-state index >= 15 is 0 Å². The zero-order chi connectivity index (χ0) is 31.3. The summed E-state index contributed by atoms with van der Waals surface area (Å²) in [7, 11) is 2.65. The molecule has 0 saturated heterocycles. The minimum atomic E-state index is -5.32. The largest absolute Gasteiger partial charge is 0.493 e. The molecule has 0 spiro atoms. The molecule has 9 nitrogen and oxygen atoms in total. The second kappa shape index (κ2) is 13.2. The fourth-order valence-electron chi connectivity index (χ4n) is 3.99. The standard InChI is InChI=1S/C28H30ClF4N3O6/c1-26(34,15-40-2)18-12-21(16-4-6-20(30)19(29)10-16)36-24(13-18)27(39,28(31,32)33)14-35-25(38)17-5-7-22(42-9-8-37)23(11-17)41-3/h4-7,10-13,37,39H,8-9,14-15,34H2,1-3H3,(H,35,38). The summed E-state index contributed by atoms with van der Waals surface area (Å²) < 4.78 is 73.0. The molecule has 0 aliphatic heterocycles. The second-order valence-corrected chi connectivity index (χ2v) is 9.99. The Kier molecular flexibility index (Phi) is 10.4. The number of hydrogen-bond acceptors (Lipinski definition) is 8.